The summed E-state index contributed by atoms with van der Waals surface area (Å²) in [6, 6.07) is 0.661. The summed E-state index contributed by atoms with van der Waals surface area (Å²) in [4.78, 5) is 5.87. The molecule has 1 fully saturated rings. The monoisotopic (exact) mass is 353 g/mol. The molecule has 1 saturated heterocycles. The van der Waals surface area contributed by atoms with Crippen LogP contribution in [-0.2, 0) is 22.9 Å². The second-order valence-electron chi connectivity index (χ2n) is 7.45. The summed E-state index contributed by atoms with van der Waals surface area (Å²) in [5.41, 5.74) is 2.98. The van der Waals surface area contributed by atoms with Crippen molar-refractivity contribution in [2.24, 2.45) is 5.92 Å². The first-order chi connectivity index (χ1) is 11.5. The lowest BCUT2D eigenvalue weighted by atomic mass is 9.90. The van der Waals surface area contributed by atoms with Crippen molar-refractivity contribution in [3.63, 3.8) is 0 Å². The van der Waals surface area contributed by atoms with E-state index in [0.717, 1.165) is 38.9 Å². The van der Waals surface area contributed by atoms with Crippen molar-refractivity contribution < 1.29 is 8.42 Å². The lowest BCUT2D eigenvalue weighted by molar-refractivity contribution is 0.182. The van der Waals surface area contributed by atoms with Crippen LogP contribution in [0.2, 0.25) is 0 Å². The molecule has 1 aliphatic heterocycles. The molecule has 2 heterocycles. The second-order valence-corrected chi connectivity index (χ2v) is 9.43. The molecule has 0 bridgehead atoms. The molecule has 5 nitrogen and oxygen atoms in total. The minimum Gasteiger partial charge on any atom is -0.367 e. The number of aromatic nitrogens is 1. The van der Waals surface area contributed by atoms with Gasteiger partial charge < -0.3 is 9.88 Å². The van der Waals surface area contributed by atoms with E-state index >= 15 is 0 Å². The third-order valence-electron chi connectivity index (χ3n) is 5.83. The van der Waals surface area contributed by atoms with Crippen LogP contribution >= 0.6 is 0 Å². The Morgan fingerprint density at radius 2 is 2.08 bits per heavy atom. The topological polar surface area (TPSA) is 56.4 Å². The highest BCUT2D eigenvalue weighted by atomic mass is 32.2. The van der Waals surface area contributed by atoms with Crippen LogP contribution in [0.3, 0.4) is 0 Å². The first kappa shape index (κ1) is 18.0. The van der Waals surface area contributed by atoms with Crippen LogP contribution in [0.1, 0.15) is 43.7 Å². The highest BCUT2D eigenvalue weighted by Gasteiger charge is 2.29. The molecule has 6 heteroatoms. The summed E-state index contributed by atoms with van der Waals surface area (Å²) < 4.78 is 24.9. The molecular weight excluding hydrogens is 322 g/mol. The van der Waals surface area contributed by atoms with Gasteiger partial charge in [-0.2, -0.15) is 0 Å². The van der Waals surface area contributed by atoms with E-state index in [9.17, 15) is 8.42 Å². The summed E-state index contributed by atoms with van der Waals surface area (Å²) in [5, 5.41) is 0. The molecule has 1 aromatic rings. The third-order valence-corrected chi connectivity index (χ3v) is 7.10. The molecule has 0 aromatic carbocycles. The Labute approximate surface area is 146 Å². The summed E-state index contributed by atoms with van der Waals surface area (Å²) in [6.07, 6.45) is 12.6. The minimum atomic E-state index is -3.00. The molecule has 0 saturated carbocycles. The molecular formula is C18H31N3O2S. The minimum absolute atomic E-state index is 0.543. The number of likely N-dealkylation sites (N-methyl/N-ethyl adjacent to an activating group) is 1. The normalized spacial score (nSPS) is 25.3. The number of hydrogen-bond donors (Lipinski definition) is 1. The van der Waals surface area contributed by atoms with Crippen LogP contribution in [0.5, 0.6) is 0 Å². The molecule has 2 aliphatic rings. The predicted molar refractivity (Wildman–Crippen MR) is 97.6 cm³/mol. The zero-order valence-corrected chi connectivity index (χ0v) is 15.8. The Balaban J connectivity index is 1.44. The summed E-state index contributed by atoms with van der Waals surface area (Å²) in [5.74, 6) is 0.543. The van der Waals surface area contributed by atoms with E-state index in [1.165, 1.54) is 36.6 Å². The van der Waals surface area contributed by atoms with Crippen LogP contribution in [-0.4, -0.2) is 61.1 Å². The average Bonchev–Trinajstić information content (AvgIpc) is 3.19. The van der Waals surface area contributed by atoms with Crippen molar-refractivity contribution >= 4 is 10.0 Å². The summed E-state index contributed by atoms with van der Waals surface area (Å²) in [7, 11) is -3.00. The van der Waals surface area contributed by atoms with E-state index < -0.39 is 10.0 Å². The fourth-order valence-corrected chi connectivity index (χ4v) is 5.28. The van der Waals surface area contributed by atoms with Crippen molar-refractivity contribution in [1.29, 1.82) is 0 Å². The molecule has 1 N–H and O–H groups in total. The van der Waals surface area contributed by atoms with Gasteiger partial charge in [0.2, 0.25) is 10.0 Å². The highest BCUT2D eigenvalue weighted by molar-refractivity contribution is 7.88. The van der Waals surface area contributed by atoms with Crippen molar-refractivity contribution in [2.75, 3.05) is 32.4 Å². The van der Waals surface area contributed by atoms with Gasteiger partial charge in [0, 0.05) is 31.5 Å². The van der Waals surface area contributed by atoms with Gasteiger partial charge in [0.15, 0.2) is 0 Å². The van der Waals surface area contributed by atoms with Crippen molar-refractivity contribution in [3.05, 3.63) is 23.5 Å². The Morgan fingerprint density at radius 1 is 1.29 bits per heavy atom. The number of H-pyrrole nitrogens is 1. The summed E-state index contributed by atoms with van der Waals surface area (Å²) >= 11 is 0. The van der Waals surface area contributed by atoms with Crippen LogP contribution in [0.4, 0.5) is 0 Å². The first-order valence-corrected chi connectivity index (χ1v) is 11.2. The van der Waals surface area contributed by atoms with Gasteiger partial charge in [0.1, 0.15) is 0 Å². The fraction of sp³-hybridized carbons (Fsp3) is 0.778. The molecule has 1 aromatic heterocycles. The number of sulfonamides is 1. The predicted octanol–water partition coefficient (Wildman–Crippen LogP) is 2.26. The Morgan fingerprint density at radius 3 is 2.79 bits per heavy atom. The lowest BCUT2D eigenvalue weighted by Gasteiger charge is -2.33. The standard InChI is InChI=1S/C18H31N3O2S/c1-3-20(18-7-6-16-12-19-13-17(16)11-18)9-4-5-15-8-10-21(14-15)24(2,22)23/h12-13,15,18-19H,3-11,14H2,1-2H3. The SMILES string of the molecule is CCN(CCCC1CCN(S(C)(=O)=O)C1)C1CCc2c[nH]cc2C1. The van der Waals surface area contributed by atoms with E-state index in [1.807, 2.05) is 0 Å². The first-order valence-electron chi connectivity index (χ1n) is 9.31. The van der Waals surface area contributed by atoms with Gasteiger partial charge in [-0.15, -0.1) is 0 Å². The van der Waals surface area contributed by atoms with E-state index in [-0.39, 0.29) is 0 Å². The van der Waals surface area contributed by atoms with Gasteiger partial charge in [-0.25, -0.2) is 12.7 Å². The number of aryl methyl sites for hydroxylation is 1. The molecule has 0 radical (unpaired) electrons. The zero-order chi connectivity index (χ0) is 17.2. The van der Waals surface area contributed by atoms with E-state index in [2.05, 4.69) is 29.2 Å². The van der Waals surface area contributed by atoms with E-state index in [4.69, 9.17) is 0 Å². The third kappa shape index (κ3) is 4.21. The largest absolute Gasteiger partial charge is 0.367 e. The van der Waals surface area contributed by atoms with Gasteiger partial charge >= 0.3 is 0 Å². The van der Waals surface area contributed by atoms with Gasteiger partial charge in [-0.3, -0.25) is 0 Å². The summed E-state index contributed by atoms with van der Waals surface area (Å²) in [6.45, 7) is 5.93. The number of nitrogens with zero attached hydrogens (tertiary/aromatic N) is 2. The van der Waals surface area contributed by atoms with Crippen LogP contribution in [0.25, 0.3) is 0 Å². The van der Waals surface area contributed by atoms with Gasteiger partial charge in [0.05, 0.1) is 6.26 Å². The number of aromatic amines is 1. The Bertz CT molecular complexity index is 640. The molecule has 136 valence electrons. The Kier molecular flexibility index (Phi) is 5.67. The average molecular weight is 354 g/mol. The smallest absolute Gasteiger partial charge is 0.211 e. The number of hydrogen-bond acceptors (Lipinski definition) is 3. The molecule has 0 amide bonds. The number of rotatable bonds is 7. The van der Waals surface area contributed by atoms with Gasteiger partial charge in [-0.1, -0.05) is 6.92 Å². The van der Waals surface area contributed by atoms with Crippen molar-refractivity contribution in [3.8, 4) is 0 Å². The fourth-order valence-electron chi connectivity index (χ4n) is 4.36. The molecule has 1 aliphatic carbocycles. The van der Waals surface area contributed by atoms with Gasteiger partial charge in [-0.05, 0) is 68.7 Å². The lowest BCUT2D eigenvalue weighted by Crippen LogP contribution is -2.39. The Hall–Kier alpha value is -0.850. The van der Waals surface area contributed by atoms with E-state index in [0.29, 0.717) is 18.5 Å². The quantitative estimate of drug-likeness (QED) is 0.818. The van der Waals surface area contributed by atoms with Crippen molar-refractivity contribution in [1.82, 2.24) is 14.2 Å². The maximum atomic E-state index is 11.6. The molecule has 2 unspecified atom stereocenters. The molecule has 2 atom stereocenters. The maximum absolute atomic E-state index is 11.6. The second kappa shape index (κ2) is 7.58. The van der Waals surface area contributed by atoms with Crippen LogP contribution in [0, 0.1) is 5.92 Å². The molecule has 24 heavy (non-hydrogen) atoms. The van der Waals surface area contributed by atoms with Crippen LogP contribution in [0.15, 0.2) is 12.4 Å². The zero-order valence-electron chi connectivity index (χ0n) is 15.0. The highest BCUT2D eigenvalue weighted by Crippen LogP contribution is 2.26. The van der Waals surface area contributed by atoms with Gasteiger partial charge in [0.25, 0.3) is 0 Å². The van der Waals surface area contributed by atoms with E-state index in [1.54, 1.807) is 4.31 Å². The maximum Gasteiger partial charge on any atom is 0.211 e. The molecule has 3 rings (SSSR count). The number of fused-ring (bicyclic) bond motifs is 1. The molecule has 0 spiro atoms. The van der Waals surface area contributed by atoms with Crippen molar-refractivity contribution in [2.45, 2.75) is 51.5 Å². The number of nitrogens with one attached hydrogen (secondary N) is 1. The van der Waals surface area contributed by atoms with Crippen LogP contribution < -0.4 is 0 Å².